The van der Waals surface area contributed by atoms with Crippen LogP contribution in [0.3, 0.4) is 0 Å². The summed E-state index contributed by atoms with van der Waals surface area (Å²) < 4.78 is 0. The van der Waals surface area contributed by atoms with Crippen LogP contribution in [0.15, 0.2) is 0 Å². The number of hydrogen-bond acceptors (Lipinski definition) is 3. The van der Waals surface area contributed by atoms with E-state index in [1.807, 2.05) is 0 Å². The van der Waals surface area contributed by atoms with Gasteiger partial charge >= 0.3 is 0 Å². The van der Waals surface area contributed by atoms with Crippen molar-refractivity contribution in [1.29, 1.82) is 0 Å². The topological polar surface area (TPSA) is 66.2 Å². The summed E-state index contributed by atoms with van der Waals surface area (Å²) in [6.07, 6.45) is 14.5. The van der Waals surface area contributed by atoms with Crippen LogP contribution in [-0.2, 0) is 4.79 Å². The molecule has 0 aliphatic rings. The molecule has 0 fully saturated rings. The van der Waals surface area contributed by atoms with Gasteiger partial charge in [0.15, 0.2) is 0 Å². The van der Waals surface area contributed by atoms with Gasteiger partial charge in [0.1, 0.15) is 0 Å². The summed E-state index contributed by atoms with van der Waals surface area (Å²) >= 11 is 0. The molecule has 0 aromatic heterocycles. The maximum absolute atomic E-state index is 11.1. The lowest BCUT2D eigenvalue weighted by molar-refractivity contribution is -0.312. The maximum Gasteiger partial charge on any atom is 0.0445 e. The van der Waals surface area contributed by atoms with Crippen LogP contribution < -0.4 is 10.8 Å². The Labute approximate surface area is 125 Å². The van der Waals surface area contributed by atoms with Crippen LogP contribution in [0.1, 0.15) is 90.4 Å². The first-order chi connectivity index (χ1) is 9.72. The molecule has 0 saturated heterocycles. The van der Waals surface area contributed by atoms with Gasteiger partial charge < -0.3 is 15.6 Å². The van der Waals surface area contributed by atoms with Crippen LogP contribution in [0, 0.1) is 5.92 Å². The van der Waals surface area contributed by atoms with Gasteiger partial charge in [-0.1, -0.05) is 71.1 Å². The number of carbonyl (C=O) groups is 1. The second kappa shape index (κ2) is 14.8. The summed E-state index contributed by atoms with van der Waals surface area (Å²) in [5.74, 6) is -1.08. The third-order valence-electron chi connectivity index (χ3n) is 4.00. The van der Waals surface area contributed by atoms with Crippen molar-refractivity contribution < 1.29 is 9.90 Å². The third-order valence-corrected chi connectivity index (χ3v) is 4.00. The summed E-state index contributed by atoms with van der Waals surface area (Å²) in [6, 6.07) is 0. The van der Waals surface area contributed by atoms with E-state index in [1.165, 1.54) is 38.5 Å². The lowest BCUT2D eigenvalue weighted by atomic mass is 9.94. The average molecular weight is 284 g/mol. The zero-order valence-corrected chi connectivity index (χ0v) is 13.4. The fourth-order valence-electron chi connectivity index (χ4n) is 2.62. The number of rotatable bonds is 15. The quantitative estimate of drug-likeness (QED) is 0.469. The van der Waals surface area contributed by atoms with Gasteiger partial charge in [-0.05, 0) is 31.7 Å². The van der Waals surface area contributed by atoms with Crippen molar-refractivity contribution in [2.75, 3.05) is 6.54 Å². The van der Waals surface area contributed by atoms with E-state index >= 15 is 0 Å². The van der Waals surface area contributed by atoms with E-state index in [1.54, 1.807) is 0 Å². The van der Waals surface area contributed by atoms with Crippen molar-refractivity contribution in [2.24, 2.45) is 11.7 Å². The number of aliphatic carboxylic acids is 1. The molecule has 0 spiro atoms. The van der Waals surface area contributed by atoms with E-state index in [-0.39, 0.29) is 5.92 Å². The predicted octanol–water partition coefficient (Wildman–Crippen LogP) is 3.40. The molecule has 3 heteroatoms. The van der Waals surface area contributed by atoms with Gasteiger partial charge in [0.05, 0.1) is 0 Å². The minimum absolute atomic E-state index is 0.233. The highest BCUT2D eigenvalue weighted by atomic mass is 16.4. The number of hydrogen-bond donors (Lipinski definition) is 1. The highest BCUT2D eigenvalue weighted by Crippen LogP contribution is 2.18. The fraction of sp³-hybridized carbons (Fsp3) is 0.941. The Bertz CT molecular complexity index is 219. The lowest BCUT2D eigenvalue weighted by Crippen LogP contribution is -2.31. The summed E-state index contributed by atoms with van der Waals surface area (Å²) in [6.45, 7) is 2.96. The van der Waals surface area contributed by atoms with E-state index in [2.05, 4.69) is 6.92 Å². The third kappa shape index (κ3) is 12.5. The molecule has 1 unspecified atom stereocenters. The SMILES string of the molecule is CCCCCCCCCC(CCCCCCN)C(=O)[O-]. The van der Waals surface area contributed by atoms with Crippen molar-refractivity contribution in [3.05, 3.63) is 0 Å². The van der Waals surface area contributed by atoms with Gasteiger partial charge in [0.25, 0.3) is 0 Å². The van der Waals surface area contributed by atoms with Gasteiger partial charge in [0.2, 0.25) is 0 Å². The zero-order valence-electron chi connectivity index (χ0n) is 13.4. The number of unbranched alkanes of at least 4 members (excludes halogenated alkanes) is 9. The van der Waals surface area contributed by atoms with Gasteiger partial charge in [-0.25, -0.2) is 0 Å². The van der Waals surface area contributed by atoms with E-state index in [0.29, 0.717) is 0 Å². The molecule has 0 bridgehead atoms. The molecule has 0 aromatic carbocycles. The van der Waals surface area contributed by atoms with E-state index in [0.717, 1.165) is 51.5 Å². The van der Waals surface area contributed by atoms with E-state index < -0.39 is 5.97 Å². The summed E-state index contributed by atoms with van der Waals surface area (Å²) in [7, 11) is 0. The average Bonchev–Trinajstić information content (AvgIpc) is 2.43. The Morgan fingerprint density at radius 1 is 0.850 bits per heavy atom. The normalized spacial score (nSPS) is 12.5. The first-order valence-electron chi connectivity index (χ1n) is 8.63. The standard InChI is InChI=1S/C17H35NO2/c1-2-3-4-5-6-7-10-13-16(17(19)20)14-11-8-9-12-15-18/h16H,2-15,18H2,1H3,(H,19,20)/p-1. The molecule has 0 aromatic rings. The Morgan fingerprint density at radius 2 is 1.30 bits per heavy atom. The molecule has 0 heterocycles. The lowest BCUT2D eigenvalue weighted by Gasteiger charge is -2.17. The fourth-order valence-corrected chi connectivity index (χ4v) is 2.62. The molecule has 0 radical (unpaired) electrons. The van der Waals surface area contributed by atoms with Crippen LogP contribution in [0.2, 0.25) is 0 Å². The second-order valence-electron chi connectivity index (χ2n) is 5.92. The van der Waals surface area contributed by atoms with Crippen LogP contribution >= 0.6 is 0 Å². The van der Waals surface area contributed by atoms with Crippen molar-refractivity contribution in [3.63, 3.8) is 0 Å². The molecule has 1 atom stereocenters. The monoisotopic (exact) mass is 284 g/mol. The molecule has 0 aliphatic carbocycles. The molecule has 120 valence electrons. The highest BCUT2D eigenvalue weighted by Gasteiger charge is 2.09. The molecular formula is C17H34NO2-. The molecule has 0 amide bonds. The first kappa shape index (κ1) is 19.4. The van der Waals surface area contributed by atoms with Gasteiger partial charge in [-0.3, -0.25) is 0 Å². The Morgan fingerprint density at radius 3 is 1.75 bits per heavy atom. The minimum atomic E-state index is -0.852. The van der Waals surface area contributed by atoms with Crippen LogP contribution in [0.4, 0.5) is 0 Å². The number of nitrogens with two attached hydrogens (primary N) is 1. The molecule has 3 nitrogen and oxygen atoms in total. The van der Waals surface area contributed by atoms with Crippen LogP contribution in [0.5, 0.6) is 0 Å². The van der Waals surface area contributed by atoms with Crippen molar-refractivity contribution in [1.82, 2.24) is 0 Å². The molecular weight excluding hydrogens is 250 g/mol. The van der Waals surface area contributed by atoms with Crippen molar-refractivity contribution in [3.8, 4) is 0 Å². The van der Waals surface area contributed by atoms with Crippen molar-refractivity contribution in [2.45, 2.75) is 90.4 Å². The van der Waals surface area contributed by atoms with Gasteiger partial charge in [-0.15, -0.1) is 0 Å². The van der Waals surface area contributed by atoms with E-state index in [4.69, 9.17) is 5.73 Å². The number of carboxylic acid groups (broad SMARTS) is 1. The highest BCUT2D eigenvalue weighted by molar-refractivity contribution is 5.67. The van der Waals surface area contributed by atoms with Crippen LogP contribution in [0.25, 0.3) is 0 Å². The number of carbonyl (C=O) groups excluding carboxylic acids is 1. The Hall–Kier alpha value is -0.570. The second-order valence-corrected chi connectivity index (χ2v) is 5.92. The van der Waals surface area contributed by atoms with Gasteiger partial charge in [-0.2, -0.15) is 0 Å². The maximum atomic E-state index is 11.1. The predicted molar refractivity (Wildman–Crippen MR) is 83.2 cm³/mol. The summed E-state index contributed by atoms with van der Waals surface area (Å²) in [4.78, 5) is 11.1. The molecule has 0 saturated carbocycles. The minimum Gasteiger partial charge on any atom is -0.550 e. The largest absolute Gasteiger partial charge is 0.550 e. The molecule has 20 heavy (non-hydrogen) atoms. The van der Waals surface area contributed by atoms with Gasteiger partial charge in [0, 0.05) is 5.97 Å². The molecule has 0 aliphatic heterocycles. The Kier molecular flexibility index (Phi) is 14.4. The molecule has 2 N–H and O–H groups in total. The first-order valence-corrected chi connectivity index (χ1v) is 8.63. The zero-order chi connectivity index (χ0) is 15.1. The Balaban J connectivity index is 3.52. The smallest absolute Gasteiger partial charge is 0.0445 e. The van der Waals surface area contributed by atoms with E-state index in [9.17, 15) is 9.90 Å². The summed E-state index contributed by atoms with van der Waals surface area (Å²) in [5, 5.41) is 11.1. The number of carboxylic acids is 1. The van der Waals surface area contributed by atoms with Crippen molar-refractivity contribution >= 4 is 5.97 Å². The molecule has 0 rings (SSSR count). The summed E-state index contributed by atoms with van der Waals surface area (Å²) in [5.41, 5.74) is 5.44. The van der Waals surface area contributed by atoms with Crippen LogP contribution in [-0.4, -0.2) is 12.5 Å².